The lowest BCUT2D eigenvalue weighted by Gasteiger charge is -2.15. The van der Waals surface area contributed by atoms with E-state index in [-0.39, 0.29) is 5.82 Å². The Bertz CT molecular complexity index is 615. The van der Waals surface area contributed by atoms with Crippen LogP contribution in [0.2, 0.25) is 0 Å². The van der Waals surface area contributed by atoms with Crippen LogP contribution >= 0.6 is 27.5 Å². The predicted octanol–water partition coefficient (Wildman–Crippen LogP) is 5.62. The van der Waals surface area contributed by atoms with Gasteiger partial charge < -0.3 is 4.74 Å². The van der Waals surface area contributed by atoms with Gasteiger partial charge >= 0.3 is 0 Å². The van der Waals surface area contributed by atoms with Crippen LogP contribution in [0.3, 0.4) is 0 Å². The number of rotatable bonds is 4. The van der Waals surface area contributed by atoms with Gasteiger partial charge in [-0.05, 0) is 70.7 Å². The van der Waals surface area contributed by atoms with Crippen molar-refractivity contribution < 1.29 is 9.13 Å². The van der Waals surface area contributed by atoms with Crippen LogP contribution in [-0.2, 0) is 0 Å². The third kappa shape index (κ3) is 3.33. The molecule has 1 atom stereocenters. The molecular formula is C16H15BrClFO. The van der Waals surface area contributed by atoms with Gasteiger partial charge in [0.25, 0.3) is 0 Å². The minimum absolute atomic E-state index is 0.277. The van der Waals surface area contributed by atoms with Crippen LogP contribution in [0.25, 0.3) is 0 Å². The smallest absolute Gasteiger partial charge is 0.133 e. The molecule has 1 unspecified atom stereocenters. The van der Waals surface area contributed by atoms with E-state index in [2.05, 4.69) is 15.9 Å². The van der Waals surface area contributed by atoms with Gasteiger partial charge in [0.2, 0.25) is 0 Å². The molecule has 2 aromatic carbocycles. The maximum Gasteiger partial charge on any atom is 0.133 e. The highest BCUT2D eigenvalue weighted by atomic mass is 79.9. The molecule has 0 spiro atoms. The maximum atomic E-state index is 13.4. The summed E-state index contributed by atoms with van der Waals surface area (Å²) in [7, 11) is 0. The predicted molar refractivity (Wildman–Crippen MR) is 84.1 cm³/mol. The third-order valence-corrected chi connectivity index (χ3v) is 4.17. The fourth-order valence-corrected chi connectivity index (χ4v) is 2.89. The van der Waals surface area contributed by atoms with E-state index in [1.165, 1.54) is 12.1 Å². The van der Waals surface area contributed by atoms with Gasteiger partial charge in [0.15, 0.2) is 0 Å². The minimum atomic E-state index is -0.391. The molecule has 0 aliphatic rings. The minimum Gasteiger partial charge on any atom is -0.493 e. The summed E-state index contributed by atoms with van der Waals surface area (Å²) in [5.74, 6) is 0.498. The number of halogens is 3. The molecule has 2 rings (SSSR count). The van der Waals surface area contributed by atoms with E-state index >= 15 is 0 Å². The number of alkyl halides is 1. The second-order valence-electron chi connectivity index (χ2n) is 4.49. The number of hydrogen-bond donors (Lipinski definition) is 0. The third-order valence-electron chi connectivity index (χ3n) is 3.06. The standard InChI is InChI=1S/C16H15BrClFO/c1-3-20-15-7-5-11(8-14(15)17)16(18)13-9-12(19)6-4-10(13)2/h4-9,16H,3H2,1-2H3. The summed E-state index contributed by atoms with van der Waals surface area (Å²) < 4.78 is 19.7. The number of hydrogen-bond acceptors (Lipinski definition) is 1. The van der Waals surface area contributed by atoms with E-state index in [4.69, 9.17) is 16.3 Å². The van der Waals surface area contributed by atoms with Crippen LogP contribution in [0.1, 0.15) is 29.0 Å². The van der Waals surface area contributed by atoms with E-state index in [0.717, 1.165) is 26.9 Å². The summed E-state index contributed by atoms with van der Waals surface area (Å²) in [5.41, 5.74) is 2.65. The molecular weight excluding hydrogens is 343 g/mol. The molecule has 0 saturated heterocycles. The molecule has 0 bridgehead atoms. The Morgan fingerprint density at radius 3 is 2.65 bits per heavy atom. The van der Waals surface area contributed by atoms with Crippen molar-refractivity contribution in [2.75, 3.05) is 6.61 Å². The molecule has 0 N–H and O–H groups in total. The molecule has 0 aliphatic heterocycles. The van der Waals surface area contributed by atoms with Crippen LogP contribution in [0.5, 0.6) is 5.75 Å². The summed E-state index contributed by atoms with van der Waals surface area (Å²) in [5, 5.41) is -0.391. The maximum absolute atomic E-state index is 13.4. The average molecular weight is 358 g/mol. The van der Waals surface area contributed by atoms with Gasteiger partial charge in [-0.15, -0.1) is 11.6 Å². The fourth-order valence-electron chi connectivity index (χ4n) is 2.01. The molecule has 0 fully saturated rings. The Morgan fingerprint density at radius 2 is 2.00 bits per heavy atom. The van der Waals surface area contributed by atoms with Gasteiger partial charge in [-0.3, -0.25) is 0 Å². The van der Waals surface area contributed by atoms with Gasteiger partial charge in [0, 0.05) is 0 Å². The Hall–Kier alpha value is -1.06. The van der Waals surface area contributed by atoms with Crippen molar-refractivity contribution in [3.8, 4) is 5.75 Å². The number of benzene rings is 2. The first-order chi connectivity index (χ1) is 9.52. The van der Waals surface area contributed by atoms with E-state index in [1.807, 2.05) is 32.0 Å². The van der Waals surface area contributed by atoms with Crippen molar-refractivity contribution in [3.63, 3.8) is 0 Å². The number of aryl methyl sites for hydroxylation is 1. The van der Waals surface area contributed by atoms with Gasteiger partial charge in [-0.1, -0.05) is 12.1 Å². The van der Waals surface area contributed by atoms with Crippen molar-refractivity contribution in [1.29, 1.82) is 0 Å². The summed E-state index contributed by atoms with van der Waals surface area (Å²) >= 11 is 9.95. The summed E-state index contributed by atoms with van der Waals surface area (Å²) in [6, 6.07) is 10.3. The molecule has 2 aromatic rings. The quantitative estimate of drug-likeness (QED) is 0.645. The van der Waals surface area contributed by atoms with Crippen molar-refractivity contribution in [2.24, 2.45) is 0 Å². The zero-order valence-corrected chi connectivity index (χ0v) is 13.6. The highest BCUT2D eigenvalue weighted by Gasteiger charge is 2.15. The monoisotopic (exact) mass is 356 g/mol. The van der Waals surface area contributed by atoms with Crippen molar-refractivity contribution in [1.82, 2.24) is 0 Å². The number of ether oxygens (including phenoxy) is 1. The average Bonchev–Trinajstić information content (AvgIpc) is 2.43. The molecule has 0 saturated carbocycles. The lowest BCUT2D eigenvalue weighted by atomic mass is 10.00. The molecule has 0 amide bonds. The second-order valence-corrected chi connectivity index (χ2v) is 5.78. The van der Waals surface area contributed by atoms with E-state index in [1.54, 1.807) is 6.07 Å². The Kier molecular flexibility index (Phi) is 5.06. The summed E-state index contributed by atoms with van der Waals surface area (Å²) in [6.07, 6.45) is 0. The van der Waals surface area contributed by atoms with Crippen molar-refractivity contribution >= 4 is 27.5 Å². The summed E-state index contributed by atoms with van der Waals surface area (Å²) in [4.78, 5) is 0. The molecule has 0 heterocycles. The largest absolute Gasteiger partial charge is 0.493 e. The van der Waals surface area contributed by atoms with Crippen LogP contribution in [0, 0.1) is 12.7 Å². The molecule has 4 heteroatoms. The van der Waals surface area contributed by atoms with Gasteiger partial charge in [-0.25, -0.2) is 4.39 Å². The zero-order chi connectivity index (χ0) is 14.7. The molecule has 106 valence electrons. The lowest BCUT2D eigenvalue weighted by Crippen LogP contribution is -1.99. The van der Waals surface area contributed by atoms with E-state index in [0.29, 0.717) is 6.61 Å². The van der Waals surface area contributed by atoms with Crippen molar-refractivity contribution in [3.05, 3.63) is 63.4 Å². The van der Waals surface area contributed by atoms with Gasteiger partial charge in [0.1, 0.15) is 11.6 Å². The first-order valence-corrected chi connectivity index (χ1v) is 7.58. The Labute approximate surface area is 131 Å². The first kappa shape index (κ1) is 15.3. The molecule has 0 radical (unpaired) electrons. The van der Waals surface area contributed by atoms with E-state index < -0.39 is 5.38 Å². The summed E-state index contributed by atoms with van der Waals surface area (Å²) in [6.45, 7) is 4.46. The van der Waals surface area contributed by atoms with Crippen LogP contribution in [0.4, 0.5) is 4.39 Å². The highest BCUT2D eigenvalue weighted by Crippen LogP contribution is 2.35. The molecule has 0 aromatic heterocycles. The normalized spacial score (nSPS) is 12.2. The van der Waals surface area contributed by atoms with Crippen LogP contribution in [0.15, 0.2) is 40.9 Å². The molecule has 20 heavy (non-hydrogen) atoms. The second kappa shape index (κ2) is 6.59. The molecule has 0 aliphatic carbocycles. The fraction of sp³-hybridized carbons (Fsp3) is 0.250. The SMILES string of the molecule is CCOc1ccc(C(Cl)c2cc(F)ccc2C)cc1Br. The van der Waals surface area contributed by atoms with Gasteiger partial charge in [-0.2, -0.15) is 0 Å². The van der Waals surface area contributed by atoms with Crippen LogP contribution in [-0.4, -0.2) is 6.61 Å². The van der Waals surface area contributed by atoms with E-state index in [9.17, 15) is 4.39 Å². The Morgan fingerprint density at radius 1 is 1.25 bits per heavy atom. The highest BCUT2D eigenvalue weighted by molar-refractivity contribution is 9.10. The first-order valence-electron chi connectivity index (χ1n) is 6.35. The Balaban J connectivity index is 2.35. The topological polar surface area (TPSA) is 9.23 Å². The van der Waals surface area contributed by atoms with Crippen molar-refractivity contribution in [2.45, 2.75) is 19.2 Å². The lowest BCUT2D eigenvalue weighted by molar-refractivity contribution is 0.338. The van der Waals surface area contributed by atoms with Gasteiger partial charge in [0.05, 0.1) is 16.5 Å². The van der Waals surface area contributed by atoms with Crippen LogP contribution < -0.4 is 4.74 Å². The zero-order valence-electron chi connectivity index (χ0n) is 11.3. The molecule has 1 nitrogen and oxygen atoms in total.